The van der Waals surface area contributed by atoms with Crippen molar-refractivity contribution in [2.75, 3.05) is 0 Å². The largest absolute Gasteiger partial charge is 0.412 e. The third-order valence-electron chi connectivity index (χ3n) is 6.09. The summed E-state index contributed by atoms with van der Waals surface area (Å²) in [6.07, 6.45) is 5.29. The average molecular weight is 426 g/mol. The number of amides is 1. The topological polar surface area (TPSA) is 56.1 Å². The van der Waals surface area contributed by atoms with Gasteiger partial charge in [0.25, 0.3) is 0 Å². The van der Waals surface area contributed by atoms with Gasteiger partial charge < -0.3 is 14.6 Å². The fourth-order valence-electron chi connectivity index (χ4n) is 4.44. The predicted octanol–water partition coefficient (Wildman–Crippen LogP) is 6.17. The van der Waals surface area contributed by atoms with Crippen LogP contribution in [0.4, 0.5) is 4.79 Å². The molecule has 1 saturated carbocycles. The molecule has 1 amide bonds. The minimum absolute atomic E-state index is 0.230. The van der Waals surface area contributed by atoms with Crippen LogP contribution in [0.5, 0.6) is 5.75 Å². The molecule has 5 rings (SSSR count). The van der Waals surface area contributed by atoms with E-state index in [0.29, 0.717) is 5.75 Å². The SMILES string of the molecule is O=C(NC1CCCCC1)Oc1ccc(-c2nc3ccccc3n2Cc2ccccc2)cc1. The van der Waals surface area contributed by atoms with Crippen LogP contribution in [-0.2, 0) is 6.54 Å². The second-order valence-corrected chi connectivity index (χ2v) is 8.39. The lowest BCUT2D eigenvalue weighted by Crippen LogP contribution is -2.37. The smallest absolute Gasteiger partial charge is 0.410 e. The third-order valence-corrected chi connectivity index (χ3v) is 6.09. The Morgan fingerprint density at radius 2 is 1.62 bits per heavy atom. The minimum atomic E-state index is -0.374. The summed E-state index contributed by atoms with van der Waals surface area (Å²) in [6.45, 7) is 0.735. The highest BCUT2D eigenvalue weighted by Crippen LogP contribution is 2.27. The summed E-state index contributed by atoms with van der Waals surface area (Å²) < 4.78 is 7.75. The molecule has 1 aromatic heterocycles. The number of imidazole rings is 1. The van der Waals surface area contributed by atoms with Gasteiger partial charge in [-0.3, -0.25) is 0 Å². The molecule has 1 heterocycles. The van der Waals surface area contributed by atoms with Crippen LogP contribution in [0.3, 0.4) is 0 Å². The van der Waals surface area contributed by atoms with E-state index in [1.807, 2.05) is 48.5 Å². The molecule has 3 aromatic carbocycles. The van der Waals surface area contributed by atoms with Gasteiger partial charge in [0.2, 0.25) is 0 Å². The van der Waals surface area contributed by atoms with Crippen LogP contribution in [0, 0.1) is 0 Å². The number of benzene rings is 3. The summed E-state index contributed by atoms with van der Waals surface area (Å²) in [6, 6.07) is 26.4. The molecule has 1 N–H and O–H groups in total. The highest BCUT2D eigenvalue weighted by molar-refractivity contribution is 5.81. The molecule has 32 heavy (non-hydrogen) atoms. The maximum atomic E-state index is 12.3. The van der Waals surface area contributed by atoms with Crippen LogP contribution in [-0.4, -0.2) is 21.7 Å². The first-order chi connectivity index (χ1) is 15.8. The van der Waals surface area contributed by atoms with E-state index in [-0.39, 0.29) is 12.1 Å². The van der Waals surface area contributed by atoms with Crippen molar-refractivity contribution in [2.24, 2.45) is 0 Å². The van der Waals surface area contributed by atoms with Crippen LogP contribution in [0.25, 0.3) is 22.4 Å². The molecular weight excluding hydrogens is 398 g/mol. The second kappa shape index (κ2) is 9.27. The van der Waals surface area contributed by atoms with Gasteiger partial charge in [-0.1, -0.05) is 61.7 Å². The van der Waals surface area contributed by atoms with E-state index in [4.69, 9.17) is 9.72 Å². The number of rotatable bonds is 5. The minimum Gasteiger partial charge on any atom is -0.410 e. The zero-order valence-electron chi connectivity index (χ0n) is 18.0. The Morgan fingerprint density at radius 3 is 2.41 bits per heavy atom. The van der Waals surface area contributed by atoms with Crippen LogP contribution >= 0.6 is 0 Å². The summed E-state index contributed by atoms with van der Waals surface area (Å²) in [5.41, 5.74) is 4.26. The van der Waals surface area contributed by atoms with Gasteiger partial charge in [0.1, 0.15) is 11.6 Å². The number of para-hydroxylation sites is 2. The Bertz CT molecular complexity index is 1190. The van der Waals surface area contributed by atoms with E-state index in [1.54, 1.807) is 0 Å². The van der Waals surface area contributed by atoms with E-state index in [9.17, 15) is 4.79 Å². The highest BCUT2D eigenvalue weighted by Gasteiger charge is 2.17. The van der Waals surface area contributed by atoms with Gasteiger partial charge in [0.05, 0.1) is 11.0 Å². The molecule has 162 valence electrons. The normalized spacial score (nSPS) is 14.4. The van der Waals surface area contributed by atoms with E-state index in [1.165, 1.54) is 24.8 Å². The number of nitrogens with zero attached hydrogens (tertiary/aromatic N) is 2. The second-order valence-electron chi connectivity index (χ2n) is 8.39. The molecule has 1 aliphatic rings. The summed E-state index contributed by atoms with van der Waals surface area (Å²) >= 11 is 0. The molecule has 4 aromatic rings. The number of fused-ring (bicyclic) bond motifs is 1. The number of carbonyl (C=O) groups excluding carboxylic acids is 1. The molecule has 0 radical (unpaired) electrons. The van der Waals surface area contributed by atoms with Crippen molar-refractivity contribution in [1.82, 2.24) is 14.9 Å². The van der Waals surface area contributed by atoms with Gasteiger partial charge in [0.15, 0.2) is 0 Å². The number of hydrogen-bond donors (Lipinski definition) is 1. The van der Waals surface area contributed by atoms with Gasteiger partial charge in [-0.25, -0.2) is 9.78 Å². The van der Waals surface area contributed by atoms with Gasteiger partial charge >= 0.3 is 6.09 Å². The Balaban J connectivity index is 1.37. The van der Waals surface area contributed by atoms with Crippen LogP contribution in [0.15, 0.2) is 78.9 Å². The molecule has 0 bridgehead atoms. The molecule has 5 nitrogen and oxygen atoms in total. The number of carbonyl (C=O) groups is 1. The number of ether oxygens (including phenoxy) is 1. The van der Waals surface area contributed by atoms with E-state index < -0.39 is 0 Å². The maximum absolute atomic E-state index is 12.3. The molecule has 0 unspecified atom stereocenters. The number of aromatic nitrogens is 2. The molecule has 1 aliphatic carbocycles. The van der Waals surface area contributed by atoms with Gasteiger partial charge in [0, 0.05) is 18.2 Å². The zero-order chi connectivity index (χ0) is 21.8. The van der Waals surface area contributed by atoms with Crippen molar-refractivity contribution in [3.8, 4) is 17.1 Å². The molecule has 0 aliphatic heterocycles. The predicted molar refractivity (Wildman–Crippen MR) is 127 cm³/mol. The molecule has 0 saturated heterocycles. The van der Waals surface area contributed by atoms with Crippen molar-refractivity contribution >= 4 is 17.1 Å². The van der Waals surface area contributed by atoms with E-state index >= 15 is 0 Å². The first-order valence-corrected chi connectivity index (χ1v) is 11.3. The Labute approximate surface area is 188 Å². The highest BCUT2D eigenvalue weighted by atomic mass is 16.6. The van der Waals surface area contributed by atoms with Crippen molar-refractivity contribution in [3.63, 3.8) is 0 Å². The Hall–Kier alpha value is -3.60. The van der Waals surface area contributed by atoms with Gasteiger partial charge in [-0.2, -0.15) is 0 Å². The summed E-state index contributed by atoms with van der Waals surface area (Å²) in [4.78, 5) is 17.2. The van der Waals surface area contributed by atoms with E-state index in [2.05, 4.69) is 40.2 Å². The monoisotopic (exact) mass is 425 g/mol. The first kappa shape index (κ1) is 20.3. The molecule has 1 fully saturated rings. The standard InChI is InChI=1S/C27H27N3O2/c31-27(28-22-11-5-2-6-12-22)32-23-17-15-21(16-18-23)26-29-24-13-7-8-14-25(24)30(26)19-20-9-3-1-4-10-20/h1,3-4,7-10,13-18,22H,2,5-6,11-12,19H2,(H,28,31). The van der Waals surface area contributed by atoms with Crippen molar-refractivity contribution < 1.29 is 9.53 Å². The Morgan fingerprint density at radius 1 is 0.906 bits per heavy atom. The Kier molecular flexibility index (Phi) is 5.88. The van der Waals surface area contributed by atoms with Crippen molar-refractivity contribution in [2.45, 2.75) is 44.7 Å². The van der Waals surface area contributed by atoms with Crippen molar-refractivity contribution in [3.05, 3.63) is 84.4 Å². The summed E-state index contributed by atoms with van der Waals surface area (Å²) in [7, 11) is 0. The van der Waals surface area contributed by atoms with Crippen molar-refractivity contribution in [1.29, 1.82) is 0 Å². The third kappa shape index (κ3) is 4.52. The van der Waals surface area contributed by atoms with Crippen LogP contribution in [0.2, 0.25) is 0 Å². The number of hydrogen-bond acceptors (Lipinski definition) is 3. The van der Waals surface area contributed by atoms with Crippen LogP contribution in [0.1, 0.15) is 37.7 Å². The zero-order valence-corrected chi connectivity index (χ0v) is 18.0. The number of nitrogens with one attached hydrogen (secondary N) is 1. The summed E-state index contributed by atoms with van der Waals surface area (Å²) in [5, 5.41) is 2.99. The lowest BCUT2D eigenvalue weighted by molar-refractivity contribution is 0.192. The molecule has 0 atom stereocenters. The fraction of sp³-hybridized carbons (Fsp3) is 0.259. The first-order valence-electron chi connectivity index (χ1n) is 11.3. The van der Waals surface area contributed by atoms with Crippen LogP contribution < -0.4 is 10.1 Å². The van der Waals surface area contributed by atoms with Gasteiger partial charge in [-0.05, 0) is 54.8 Å². The molecule has 5 heteroatoms. The average Bonchev–Trinajstić information content (AvgIpc) is 3.19. The quantitative estimate of drug-likeness (QED) is 0.416. The van der Waals surface area contributed by atoms with E-state index in [0.717, 1.165) is 41.8 Å². The lowest BCUT2D eigenvalue weighted by Gasteiger charge is -2.22. The fourth-order valence-corrected chi connectivity index (χ4v) is 4.44. The molecular formula is C27H27N3O2. The summed E-state index contributed by atoms with van der Waals surface area (Å²) in [5.74, 6) is 1.43. The lowest BCUT2D eigenvalue weighted by atomic mass is 9.96. The molecule has 0 spiro atoms. The van der Waals surface area contributed by atoms with Gasteiger partial charge in [-0.15, -0.1) is 0 Å². The maximum Gasteiger partial charge on any atom is 0.412 e.